The van der Waals surface area contributed by atoms with Crippen LogP contribution < -0.4 is 10.5 Å². The van der Waals surface area contributed by atoms with Crippen LogP contribution in [0.15, 0.2) is 54.6 Å². The zero-order valence-electron chi connectivity index (χ0n) is 13.1. The summed E-state index contributed by atoms with van der Waals surface area (Å²) in [5.74, 6) is 1.40. The summed E-state index contributed by atoms with van der Waals surface area (Å²) in [4.78, 5) is 2.51. The molecule has 3 heteroatoms. The van der Waals surface area contributed by atoms with Gasteiger partial charge in [0.05, 0.1) is 0 Å². The molecule has 22 heavy (non-hydrogen) atoms. The van der Waals surface area contributed by atoms with Gasteiger partial charge in [0.2, 0.25) is 0 Å². The predicted molar refractivity (Wildman–Crippen MR) is 90.8 cm³/mol. The van der Waals surface area contributed by atoms with Gasteiger partial charge in [-0.3, -0.25) is 4.90 Å². The Balaban J connectivity index is 1.56. The van der Waals surface area contributed by atoms with Crippen molar-refractivity contribution >= 4 is 5.69 Å². The Kier molecular flexibility index (Phi) is 4.64. The van der Waals surface area contributed by atoms with Gasteiger partial charge in [-0.05, 0) is 24.1 Å². The number of benzene rings is 2. The lowest BCUT2D eigenvalue weighted by Crippen LogP contribution is -2.43. The molecule has 2 N–H and O–H groups in total. The van der Waals surface area contributed by atoms with Crippen LogP contribution in [0.5, 0.6) is 5.75 Å². The maximum atomic E-state index is 6.14. The topological polar surface area (TPSA) is 38.5 Å². The van der Waals surface area contributed by atoms with Gasteiger partial charge in [-0.15, -0.1) is 0 Å². The van der Waals surface area contributed by atoms with Gasteiger partial charge in [0.15, 0.2) is 0 Å². The molecule has 116 valence electrons. The molecular formula is C19H24N2O. The molecule has 1 fully saturated rings. The van der Waals surface area contributed by atoms with Crippen molar-refractivity contribution in [3.63, 3.8) is 0 Å². The SMILES string of the molecule is C[C@@H]1CN(Cc2ccccc2)CCC1Oc1cccc(N)c1. The van der Waals surface area contributed by atoms with Crippen molar-refractivity contribution in [2.24, 2.45) is 5.92 Å². The number of nitrogens with two attached hydrogens (primary N) is 1. The molecule has 0 bridgehead atoms. The summed E-state index contributed by atoms with van der Waals surface area (Å²) in [5.41, 5.74) is 7.95. The van der Waals surface area contributed by atoms with Crippen molar-refractivity contribution in [3.8, 4) is 5.75 Å². The molecule has 0 saturated carbocycles. The van der Waals surface area contributed by atoms with Crippen molar-refractivity contribution < 1.29 is 4.74 Å². The van der Waals surface area contributed by atoms with E-state index >= 15 is 0 Å². The Morgan fingerprint density at radius 3 is 2.68 bits per heavy atom. The van der Waals surface area contributed by atoms with Gasteiger partial charge in [0.25, 0.3) is 0 Å². The highest BCUT2D eigenvalue weighted by Gasteiger charge is 2.27. The van der Waals surface area contributed by atoms with Crippen LogP contribution in [0, 0.1) is 5.92 Å². The van der Waals surface area contributed by atoms with Gasteiger partial charge < -0.3 is 10.5 Å². The number of ether oxygens (including phenoxy) is 1. The third-order valence-electron chi connectivity index (χ3n) is 4.31. The largest absolute Gasteiger partial charge is 0.490 e. The van der Waals surface area contributed by atoms with Crippen LogP contribution in [0.2, 0.25) is 0 Å². The van der Waals surface area contributed by atoms with Crippen molar-refractivity contribution in [3.05, 3.63) is 60.2 Å². The van der Waals surface area contributed by atoms with Gasteiger partial charge in [-0.25, -0.2) is 0 Å². The molecule has 1 heterocycles. The smallest absolute Gasteiger partial charge is 0.121 e. The van der Waals surface area contributed by atoms with Crippen LogP contribution in [0.3, 0.4) is 0 Å². The van der Waals surface area contributed by atoms with Crippen molar-refractivity contribution in [1.29, 1.82) is 0 Å². The van der Waals surface area contributed by atoms with Crippen LogP contribution >= 0.6 is 0 Å². The van der Waals surface area contributed by atoms with Gasteiger partial charge in [-0.1, -0.05) is 43.3 Å². The molecule has 2 aromatic rings. The number of likely N-dealkylation sites (tertiary alicyclic amines) is 1. The van der Waals surface area contributed by atoms with E-state index in [2.05, 4.69) is 42.2 Å². The third kappa shape index (κ3) is 3.80. The van der Waals surface area contributed by atoms with E-state index in [4.69, 9.17) is 10.5 Å². The summed E-state index contributed by atoms with van der Waals surface area (Å²) < 4.78 is 6.14. The highest BCUT2D eigenvalue weighted by Crippen LogP contribution is 2.25. The second-order valence-electron chi connectivity index (χ2n) is 6.22. The number of nitrogen functional groups attached to an aromatic ring is 1. The summed E-state index contributed by atoms with van der Waals surface area (Å²) in [6.07, 6.45) is 1.33. The van der Waals surface area contributed by atoms with E-state index in [0.29, 0.717) is 5.92 Å². The predicted octanol–water partition coefficient (Wildman–Crippen LogP) is 3.56. The highest BCUT2D eigenvalue weighted by atomic mass is 16.5. The monoisotopic (exact) mass is 296 g/mol. The molecular weight excluding hydrogens is 272 g/mol. The molecule has 0 radical (unpaired) electrons. The van der Waals surface area contributed by atoms with Crippen LogP contribution in [-0.2, 0) is 6.54 Å². The fourth-order valence-electron chi connectivity index (χ4n) is 3.13. The van der Waals surface area contributed by atoms with E-state index in [-0.39, 0.29) is 6.10 Å². The number of rotatable bonds is 4. The lowest BCUT2D eigenvalue weighted by atomic mass is 9.96. The van der Waals surface area contributed by atoms with Gasteiger partial charge in [-0.2, -0.15) is 0 Å². The summed E-state index contributed by atoms with van der Waals surface area (Å²) in [5, 5.41) is 0. The van der Waals surface area contributed by atoms with Crippen LogP contribution in [0.25, 0.3) is 0 Å². The Hall–Kier alpha value is -2.00. The van der Waals surface area contributed by atoms with Crippen LogP contribution in [0.4, 0.5) is 5.69 Å². The van der Waals surface area contributed by atoms with E-state index in [1.54, 1.807) is 0 Å². The molecule has 0 amide bonds. The summed E-state index contributed by atoms with van der Waals surface area (Å²) in [6.45, 7) is 5.44. The first kappa shape index (κ1) is 14.9. The van der Waals surface area contributed by atoms with Crippen LogP contribution in [0.1, 0.15) is 18.9 Å². The fraction of sp³-hybridized carbons (Fsp3) is 0.368. The number of hydrogen-bond acceptors (Lipinski definition) is 3. The maximum absolute atomic E-state index is 6.14. The average Bonchev–Trinajstić information content (AvgIpc) is 2.51. The average molecular weight is 296 g/mol. The minimum Gasteiger partial charge on any atom is -0.490 e. The minimum atomic E-state index is 0.272. The van der Waals surface area contributed by atoms with E-state index in [9.17, 15) is 0 Å². The number of anilines is 1. The Morgan fingerprint density at radius 1 is 1.14 bits per heavy atom. The quantitative estimate of drug-likeness (QED) is 0.877. The molecule has 0 aliphatic carbocycles. The highest BCUT2D eigenvalue weighted by molar-refractivity contribution is 5.43. The minimum absolute atomic E-state index is 0.272. The molecule has 1 unspecified atom stereocenters. The molecule has 1 aliphatic rings. The van der Waals surface area contributed by atoms with E-state index in [1.807, 2.05) is 24.3 Å². The standard InChI is InChI=1S/C19H24N2O/c1-15-13-21(14-16-6-3-2-4-7-16)11-10-19(15)22-18-9-5-8-17(20)12-18/h2-9,12,15,19H,10-11,13-14,20H2,1H3/t15-,19?/m1/s1. The lowest BCUT2D eigenvalue weighted by Gasteiger charge is -2.37. The normalized spacial score (nSPS) is 22.4. The Labute approximate surface area is 132 Å². The first-order chi connectivity index (χ1) is 10.7. The van der Waals surface area contributed by atoms with Gasteiger partial charge in [0.1, 0.15) is 11.9 Å². The second-order valence-corrected chi connectivity index (χ2v) is 6.22. The van der Waals surface area contributed by atoms with Gasteiger partial charge in [0, 0.05) is 37.3 Å². The van der Waals surface area contributed by atoms with Crippen LogP contribution in [-0.4, -0.2) is 24.1 Å². The van der Waals surface area contributed by atoms with Gasteiger partial charge >= 0.3 is 0 Å². The Bertz CT molecular complexity index is 599. The van der Waals surface area contributed by atoms with Crippen molar-refractivity contribution in [2.75, 3.05) is 18.8 Å². The number of piperidine rings is 1. The lowest BCUT2D eigenvalue weighted by molar-refractivity contribution is 0.0491. The number of nitrogens with zero attached hydrogens (tertiary/aromatic N) is 1. The maximum Gasteiger partial charge on any atom is 0.121 e. The summed E-state index contributed by atoms with van der Waals surface area (Å²) in [7, 11) is 0. The first-order valence-electron chi connectivity index (χ1n) is 7.99. The molecule has 3 rings (SSSR count). The van der Waals surface area contributed by atoms with Crippen molar-refractivity contribution in [2.45, 2.75) is 26.0 Å². The Morgan fingerprint density at radius 2 is 1.95 bits per heavy atom. The molecule has 2 aromatic carbocycles. The molecule has 0 spiro atoms. The fourth-order valence-corrected chi connectivity index (χ4v) is 3.13. The number of hydrogen-bond donors (Lipinski definition) is 1. The molecule has 0 aromatic heterocycles. The zero-order chi connectivity index (χ0) is 15.4. The first-order valence-corrected chi connectivity index (χ1v) is 7.99. The second kappa shape index (κ2) is 6.84. The molecule has 1 aliphatic heterocycles. The van der Waals surface area contributed by atoms with E-state index in [1.165, 1.54) is 5.56 Å². The van der Waals surface area contributed by atoms with Crippen molar-refractivity contribution in [1.82, 2.24) is 4.90 Å². The summed E-state index contributed by atoms with van der Waals surface area (Å²) in [6, 6.07) is 18.4. The van der Waals surface area contributed by atoms with E-state index in [0.717, 1.165) is 37.5 Å². The molecule has 2 atom stereocenters. The zero-order valence-corrected chi connectivity index (χ0v) is 13.1. The molecule has 3 nitrogen and oxygen atoms in total. The third-order valence-corrected chi connectivity index (χ3v) is 4.31. The summed E-state index contributed by atoms with van der Waals surface area (Å²) >= 11 is 0. The molecule has 1 saturated heterocycles. The van der Waals surface area contributed by atoms with E-state index < -0.39 is 0 Å².